The quantitative estimate of drug-likeness (QED) is 0.446. The van der Waals surface area contributed by atoms with E-state index in [-0.39, 0.29) is 11.7 Å². The van der Waals surface area contributed by atoms with Gasteiger partial charge in [-0.2, -0.15) is 0 Å². The Balaban J connectivity index is 2.06. The topological polar surface area (TPSA) is 17.1 Å². The minimum absolute atomic E-state index is 0.0868. The molecule has 0 bridgehead atoms. The molecule has 1 heterocycles. The van der Waals surface area contributed by atoms with Gasteiger partial charge < -0.3 is 0 Å². The molecule has 1 nitrogen and oxygen atoms in total. The smallest absolute Gasteiger partial charge is 0.183 e. The fraction of sp³-hybridized carbons (Fsp3) is 0.0526. The number of Topliss-reactive ketones (excluding diaryl/α,β-unsaturated/α-hetero) is 1. The molecule has 0 saturated carbocycles. The van der Waals surface area contributed by atoms with E-state index in [4.69, 9.17) is 0 Å². The Morgan fingerprint density at radius 1 is 0.857 bits per heavy atom. The van der Waals surface area contributed by atoms with E-state index in [2.05, 4.69) is 36.4 Å². The Bertz CT molecular complexity index is 812. The van der Waals surface area contributed by atoms with Gasteiger partial charge in [-0.1, -0.05) is 59.0 Å². The molecule has 102 valence electrons. The highest BCUT2D eigenvalue weighted by molar-refractivity contribution is 7.97. The van der Waals surface area contributed by atoms with Crippen LogP contribution in [0.2, 0.25) is 0 Å². The molecule has 0 amide bonds. The summed E-state index contributed by atoms with van der Waals surface area (Å²) in [6, 6.07) is 18.6. The third-order valence-corrected chi connectivity index (χ3v) is 6.60. The van der Waals surface area contributed by atoms with Crippen LogP contribution in [0.4, 0.5) is 0 Å². The summed E-state index contributed by atoms with van der Waals surface area (Å²) in [7, 11) is -0.609. The van der Waals surface area contributed by atoms with Crippen molar-refractivity contribution in [2.45, 2.75) is 9.79 Å². The van der Waals surface area contributed by atoms with Crippen LogP contribution in [0.3, 0.4) is 0 Å². The highest BCUT2D eigenvalue weighted by Crippen LogP contribution is 2.32. The first kappa shape index (κ1) is 12.5. The zero-order valence-corrected chi connectivity index (χ0v) is 12.3. The van der Waals surface area contributed by atoms with Crippen molar-refractivity contribution < 1.29 is 4.79 Å². The Kier molecular flexibility index (Phi) is 2.97. The molecule has 2 aromatic carbocycles. The average Bonchev–Trinajstić information content (AvgIpc) is 2.56. The lowest BCUT2D eigenvalue weighted by molar-refractivity contribution is 0.0969. The molecule has 1 aliphatic carbocycles. The highest BCUT2D eigenvalue weighted by atomic mass is 32.2. The summed E-state index contributed by atoms with van der Waals surface area (Å²) >= 11 is 0. The van der Waals surface area contributed by atoms with Gasteiger partial charge in [0.2, 0.25) is 0 Å². The van der Waals surface area contributed by atoms with Gasteiger partial charge in [0.1, 0.15) is 20.6 Å². The molecule has 0 saturated heterocycles. The Labute approximate surface area is 126 Å². The van der Waals surface area contributed by atoms with E-state index in [1.807, 2.05) is 42.5 Å². The molecule has 0 spiro atoms. The normalized spacial score (nSPS) is 22.9. The van der Waals surface area contributed by atoms with Crippen LogP contribution >= 0.6 is 0 Å². The Morgan fingerprint density at radius 2 is 1.62 bits per heavy atom. The minimum atomic E-state index is -0.609. The number of hydrogen-bond donors (Lipinski definition) is 0. The predicted molar refractivity (Wildman–Crippen MR) is 89.3 cm³/mol. The lowest BCUT2D eigenvalue weighted by Gasteiger charge is -2.23. The number of ketones is 1. The summed E-state index contributed by atoms with van der Waals surface area (Å²) in [5, 5.41) is 0. The number of fused-ring (bicyclic) bond motifs is 2. The minimum Gasteiger partial charge on any atom is -0.293 e. The number of carbonyl (C=O) groups excluding carboxylic acids is 1. The van der Waals surface area contributed by atoms with Crippen molar-refractivity contribution in [2.75, 3.05) is 0 Å². The van der Waals surface area contributed by atoms with Crippen molar-refractivity contribution in [3.8, 4) is 0 Å². The third kappa shape index (κ3) is 1.95. The maximum absolute atomic E-state index is 12.7. The van der Waals surface area contributed by atoms with Gasteiger partial charge in [0.15, 0.2) is 5.78 Å². The number of carbonyl (C=O) groups is 1. The van der Waals surface area contributed by atoms with Gasteiger partial charge >= 0.3 is 0 Å². The van der Waals surface area contributed by atoms with Gasteiger partial charge in [-0.3, -0.25) is 4.79 Å². The van der Waals surface area contributed by atoms with E-state index in [0.717, 1.165) is 5.56 Å². The molecule has 0 aromatic heterocycles. The fourth-order valence-electron chi connectivity index (χ4n) is 3.02. The lowest BCUT2D eigenvalue weighted by atomic mass is 9.91. The maximum Gasteiger partial charge on any atom is 0.183 e. The standard InChI is InChI=1S/C19H14OS/c20-19-15-10-4-6-12-17(15)21(14-8-2-1-3-9-14)18-13-7-5-11-16(18)19/h1-13,15H/p+1. The van der Waals surface area contributed by atoms with Gasteiger partial charge in [0.05, 0.1) is 5.56 Å². The third-order valence-electron chi connectivity index (χ3n) is 3.97. The number of rotatable bonds is 1. The van der Waals surface area contributed by atoms with E-state index in [9.17, 15) is 4.79 Å². The van der Waals surface area contributed by atoms with Crippen molar-refractivity contribution in [3.63, 3.8) is 0 Å². The monoisotopic (exact) mass is 291 g/mol. The van der Waals surface area contributed by atoms with E-state index >= 15 is 0 Å². The summed E-state index contributed by atoms with van der Waals surface area (Å²) in [6.07, 6.45) is 8.20. The summed E-state index contributed by atoms with van der Waals surface area (Å²) in [4.78, 5) is 16.5. The van der Waals surface area contributed by atoms with E-state index in [0.29, 0.717) is 0 Å². The second kappa shape index (κ2) is 4.97. The summed E-state index contributed by atoms with van der Waals surface area (Å²) in [6.45, 7) is 0. The molecule has 1 aliphatic heterocycles. The second-order valence-electron chi connectivity index (χ2n) is 5.20. The fourth-order valence-corrected chi connectivity index (χ4v) is 5.72. The van der Waals surface area contributed by atoms with Crippen molar-refractivity contribution in [2.24, 2.45) is 5.92 Å². The summed E-state index contributed by atoms with van der Waals surface area (Å²) < 4.78 is 0. The van der Waals surface area contributed by atoms with Crippen molar-refractivity contribution in [1.82, 2.24) is 0 Å². The first-order valence-electron chi connectivity index (χ1n) is 7.06. The number of allylic oxidation sites excluding steroid dienone is 4. The van der Waals surface area contributed by atoms with Crippen LogP contribution in [0.5, 0.6) is 0 Å². The zero-order chi connectivity index (χ0) is 14.2. The van der Waals surface area contributed by atoms with E-state index in [1.54, 1.807) is 0 Å². The molecule has 2 heteroatoms. The van der Waals surface area contributed by atoms with Crippen molar-refractivity contribution >= 4 is 21.1 Å². The second-order valence-corrected chi connectivity index (χ2v) is 7.38. The van der Waals surface area contributed by atoms with Crippen LogP contribution in [-0.2, 0) is 10.5 Å². The first-order valence-corrected chi connectivity index (χ1v) is 8.40. The van der Waals surface area contributed by atoms with Crippen LogP contribution in [-0.4, -0.2) is 10.6 Å². The van der Waals surface area contributed by atoms with Gasteiger partial charge in [0, 0.05) is 0 Å². The van der Waals surface area contributed by atoms with E-state index < -0.39 is 10.5 Å². The number of hydrogen-bond acceptors (Lipinski definition) is 1. The Morgan fingerprint density at radius 3 is 2.48 bits per heavy atom. The van der Waals surface area contributed by atoms with E-state index in [1.165, 1.54) is 14.7 Å². The molecule has 2 aromatic rings. The maximum atomic E-state index is 12.7. The summed E-state index contributed by atoms with van der Waals surface area (Å²) in [5.41, 5.74) is 0.890. The molecule has 0 fully saturated rings. The molecule has 2 unspecified atom stereocenters. The SMILES string of the molecule is O=C1c2ccccc2[SH+](c2ccccc2)=C2C=CC=CC12. The molecule has 4 rings (SSSR count). The predicted octanol–water partition coefficient (Wildman–Crippen LogP) is 3.57. The Hall–Kier alpha value is -2.19. The van der Waals surface area contributed by atoms with Crippen molar-refractivity contribution in [3.05, 3.63) is 84.5 Å². The van der Waals surface area contributed by atoms with Crippen molar-refractivity contribution in [1.29, 1.82) is 0 Å². The molecule has 21 heavy (non-hydrogen) atoms. The number of benzene rings is 2. The largest absolute Gasteiger partial charge is 0.293 e. The molecule has 0 radical (unpaired) electrons. The summed E-state index contributed by atoms with van der Waals surface area (Å²) in [5.74, 6) is 0.145. The van der Waals surface area contributed by atoms with Crippen LogP contribution in [0.15, 0.2) is 88.7 Å². The number of thiol groups is 1. The van der Waals surface area contributed by atoms with Crippen LogP contribution in [0, 0.1) is 5.92 Å². The zero-order valence-electron chi connectivity index (χ0n) is 11.4. The first-order chi connectivity index (χ1) is 10.4. The lowest BCUT2D eigenvalue weighted by Crippen LogP contribution is -2.31. The van der Waals surface area contributed by atoms with Gasteiger partial charge in [-0.25, -0.2) is 0 Å². The molecule has 2 atom stereocenters. The molecular weight excluding hydrogens is 276 g/mol. The van der Waals surface area contributed by atoms with Gasteiger partial charge in [-0.15, -0.1) is 0 Å². The van der Waals surface area contributed by atoms with Gasteiger partial charge in [-0.05, 0) is 30.3 Å². The molecule has 2 aliphatic rings. The van der Waals surface area contributed by atoms with Crippen LogP contribution in [0.1, 0.15) is 10.4 Å². The van der Waals surface area contributed by atoms with Crippen LogP contribution in [0.25, 0.3) is 0 Å². The van der Waals surface area contributed by atoms with Gasteiger partial charge in [0.25, 0.3) is 0 Å². The van der Waals surface area contributed by atoms with Crippen LogP contribution < -0.4 is 0 Å². The molecular formula is C19H15OS+. The average molecular weight is 291 g/mol. The highest BCUT2D eigenvalue weighted by Gasteiger charge is 2.37. The molecule has 0 N–H and O–H groups in total.